The van der Waals surface area contributed by atoms with Crippen LogP contribution in [-0.2, 0) is 14.6 Å². The van der Waals surface area contributed by atoms with Gasteiger partial charge in [0.25, 0.3) is 0 Å². The highest BCUT2D eigenvalue weighted by Crippen LogP contribution is 2.24. The van der Waals surface area contributed by atoms with Crippen LogP contribution in [0, 0.1) is 5.82 Å². The summed E-state index contributed by atoms with van der Waals surface area (Å²) in [6.45, 7) is 1.73. The van der Waals surface area contributed by atoms with Crippen molar-refractivity contribution in [2.45, 2.75) is 23.8 Å². The van der Waals surface area contributed by atoms with Crippen molar-refractivity contribution in [3.8, 4) is 0 Å². The summed E-state index contributed by atoms with van der Waals surface area (Å²) in [6, 6.07) is 6.23. The number of carbonyl (C=O) groups is 1. The molecule has 1 aromatic carbocycles. The predicted octanol–water partition coefficient (Wildman–Crippen LogP) is 1.61. The molecule has 4 nitrogen and oxygen atoms in total. The number of thioether (sulfide) groups is 1. The van der Waals surface area contributed by atoms with Gasteiger partial charge in [0.1, 0.15) is 5.82 Å². The SMILES string of the molecule is CC1(NC(=O)CSc2ccccc2F)CCS(=O)(=O)C1. The van der Waals surface area contributed by atoms with Gasteiger partial charge in [0.05, 0.1) is 22.8 Å². The van der Waals surface area contributed by atoms with Crippen molar-refractivity contribution in [3.63, 3.8) is 0 Å². The third-order valence-corrected chi connectivity index (χ3v) is 6.09. The van der Waals surface area contributed by atoms with E-state index >= 15 is 0 Å². The lowest BCUT2D eigenvalue weighted by atomic mass is 10.0. The van der Waals surface area contributed by atoms with Crippen LogP contribution >= 0.6 is 11.8 Å². The molecule has 1 saturated heterocycles. The van der Waals surface area contributed by atoms with Crippen LogP contribution in [0.25, 0.3) is 0 Å². The average Bonchev–Trinajstić information content (AvgIpc) is 2.62. The minimum Gasteiger partial charge on any atom is -0.349 e. The Hall–Kier alpha value is -1.08. The van der Waals surface area contributed by atoms with Crippen LogP contribution in [0.2, 0.25) is 0 Å². The lowest BCUT2D eigenvalue weighted by Crippen LogP contribution is -2.47. The molecule has 0 aliphatic carbocycles. The van der Waals surface area contributed by atoms with Crippen LogP contribution in [0.1, 0.15) is 13.3 Å². The zero-order chi connectivity index (χ0) is 14.8. The summed E-state index contributed by atoms with van der Waals surface area (Å²) >= 11 is 1.10. The highest BCUT2D eigenvalue weighted by molar-refractivity contribution is 8.00. The zero-order valence-electron chi connectivity index (χ0n) is 11.1. The Kier molecular flexibility index (Phi) is 4.39. The van der Waals surface area contributed by atoms with Crippen LogP contribution in [0.3, 0.4) is 0 Å². The molecule has 1 unspecified atom stereocenters. The van der Waals surface area contributed by atoms with E-state index in [1.807, 2.05) is 0 Å². The molecule has 1 aromatic rings. The van der Waals surface area contributed by atoms with E-state index in [0.717, 1.165) is 11.8 Å². The smallest absolute Gasteiger partial charge is 0.230 e. The van der Waals surface area contributed by atoms with Gasteiger partial charge < -0.3 is 5.32 Å². The van der Waals surface area contributed by atoms with E-state index in [1.165, 1.54) is 6.07 Å². The molecule has 1 aliphatic heterocycles. The maximum absolute atomic E-state index is 13.4. The number of halogens is 1. The standard InChI is InChI=1S/C13H16FNO3S2/c1-13(6-7-20(17,18)9-13)15-12(16)8-19-11-5-3-2-4-10(11)14/h2-5H,6-9H2,1H3,(H,15,16). The first-order valence-electron chi connectivity index (χ1n) is 6.18. The normalized spacial score (nSPS) is 24.5. The number of hydrogen-bond donors (Lipinski definition) is 1. The van der Waals surface area contributed by atoms with E-state index in [2.05, 4.69) is 5.32 Å². The zero-order valence-corrected chi connectivity index (χ0v) is 12.7. The van der Waals surface area contributed by atoms with Crippen molar-refractivity contribution in [3.05, 3.63) is 30.1 Å². The molecular weight excluding hydrogens is 301 g/mol. The number of hydrogen-bond acceptors (Lipinski definition) is 4. The van der Waals surface area contributed by atoms with E-state index in [-0.39, 0.29) is 29.0 Å². The van der Waals surface area contributed by atoms with Crippen molar-refractivity contribution < 1.29 is 17.6 Å². The molecule has 1 amide bonds. The molecule has 1 N–H and O–H groups in total. The Balaban J connectivity index is 1.89. The second-order valence-electron chi connectivity index (χ2n) is 5.17. The van der Waals surface area contributed by atoms with Gasteiger partial charge in [-0.15, -0.1) is 11.8 Å². The molecule has 0 spiro atoms. The minimum absolute atomic E-state index is 0.0316. The van der Waals surface area contributed by atoms with Gasteiger partial charge >= 0.3 is 0 Å². The van der Waals surface area contributed by atoms with E-state index < -0.39 is 15.4 Å². The number of amides is 1. The largest absolute Gasteiger partial charge is 0.349 e. The maximum atomic E-state index is 13.4. The Labute approximate surface area is 122 Å². The molecule has 0 bridgehead atoms. The van der Waals surface area contributed by atoms with Gasteiger partial charge in [-0.3, -0.25) is 4.79 Å². The molecule has 1 fully saturated rings. The van der Waals surface area contributed by atoms with Crippen molar-refractivity contribution in [2.24, 2.45) is 0 Å². The van der Waals surface area contributed by atoms with E-state index in [1.54, 1.807) is 25.1 Å². The van der Waals surface area contributed by atoms with Gasteiger partial charge in [0, 0.05) is 4.90 Å². The van der Waals surface area contributed by atoms with Gasteiger partial charge in [-0.2, -0.15) is 0 Å². The van der Waals surface area contributed by atoms with E-state index in [4.69, 9.17) is 0 Å². The number of benzene rings is 1. The van der Waals surface area contributed by atoms with Crippen molar-refractivity contribution >= 4 is 27.5 Å². The fraction of sp³-hybridized carbons (Fsp3) is 0.462. The van der Waals surface area contributed by atoms with E-state index in [9.17, 15) is 17.6 Å². The van der Waals surface area contributed by atoms with Gasteiger partial charge in [-0.05, 0) is 25.5 Å². The van der Waals surface area contributed by atoms with Crippen molar-refractivity contribution in [1.82, 2.24) is 5.32 Å². The topological polar surface area (TPSA) is 63.2 Å². The first kappa shape index (κ1) is 15.3. The summed E-state index contributed by atoms with van der Waals surface area (Å²) in [5.74, 6) is -0.505. The number of sulfone groups is 1. The highest BCUT2D eigenvalue weighted by atomic mass is 32.2. The summed E-state index contributed by atoms with van der Waals surface area (Å²) in [4.78, 5) is 12.3. The molecule has 0 radical (unpaired) electrons. The number of nitrogens with one attached hydrogen (secondary N) is 1. The monoisotopic (exact) mass is 317 g/mol. The molecule has 110 valence electrons. The van der Waals surface area contributed by atoms with Crippen LogP contribution in [-0.4, -0.2) is 37.1 Å². The van der Waals surface area contributed by atoms with Gasteiger partial charge in [0.15, 0.2) is 9.84 Å². The summed E-state index contributed by atoms with van der Waals surface area (Å²) in [5.41, 5.74) is -0.703. The Morgan fingerprint density at radius 3 is 2.75 bits per heavy atom. The van der Waals surface area contributed by atoms with Crippen molar-refractivity contribution in [1.29, 1.82) is 0 Å². The Morgan fingerprint density at radius 1 is 1.45 bits per heavy atom. The molecule has 0 aromatic heterocycles. The second kappa shape index (κ2) is 5.73. The molecule has 1 heterocycles. The van der Waals surface area contributed by atoms with Crippen LogP contribution < -0.4 is 5.32 Å². The third kappa shape index (κ3) is 3.96. The average molecular weight is 317 g/mol. The van der Waals surface area contributed by atoms with Gasteiger partial charge in [0.2, 0.25) is 5.91 Å². The highest BCUT2D eigenvalue weighted by Gasteiger charge is 2.39. The lowest BCUT2D eigenvalue weighted by molar-refractivity contribution is -0.120. The second-order valence-corrected chi connectivity index (χ2v) is 8.37. The van der Waals surface area contributed by atoms with E-state index in [0.29, 0.717) is 11.3 Å². The molecular formula is C13H16FNO3S2. The van der Waals surface area contributed by atoms with Crippen LogP contribution in [0.4, 0.5) is 4.39 Å². The van der Waals surface area contributed by atoms with Crippen molar-refractivity contribution in [2.75, 3.05) is 17.3 Å². The van der Waals surface area contributed by atoms with Crippen LogP contribution in [0.5, 0.6) is 0 Å². The first-order chi connectivity index (χ1) is 9.30. The number of rotatable bonds is 4. The third-order valence-electron chi connectivity index (χ3n) is 3.14. The molecule has 1 atom stereocenters. The quantitative estimate of drug-likeness (QED) is 0.857. The fourth-order valence-electron chi connectivity index (χ4n) is 2.19. The minimum atomic E-state index is -3.05. The summed E-state index contributed by atoms with van der Waals surface area (Å²) in [6.07, 6.45) is 0.422. The Bertz CT molecular complexity index is 618. The molecule has 0 saturated carbocycles. The van der Waals surface area contributed by atoms with Gasteiger partial charge in [-0.1, -0.05) is 12.1 Å². The maximum Gasteiger partial charge on any atom is 0.230 e. The fourth-order valence-corrected chi connectivity index (χ4v) is 5.02. The summed E-state index contributed by atoms with van der Waals surface area (Å²) in [5, 5.41) is 2.74. The molecule has 2 rings (SSSR count). The molecule has 20 heavy (non-hydrogen) atoms. The lowest BCUT2D eigenvalue weighted by Gasteiger charge is -2.23. The van der Waals surface area contributed by atoms with Gasteiger partial charge in [-0.25, -0.2) is 12.8 Å². The summed E-state index contributed by atoms with van der Waals surface area (Å²) < 4.78 is 36.3. The van der Waals surface area contributed by atoms with Crippen LogP contribution in [0.15, 0.2) is 29.2 Å². The number of carbonyl (C=O) groups excluding carboxylic acids is 1. The Morgan fingerprint density at radius 2 is 2.15 bits per heavy atom. The summed E-state index contributed by atoms with van der Waals surface area (Å²) in [7, 11) is -3.05. The predicted molar refractivity (Wildman–Crippen MR) is 76.9 cm³/mol. The molecule has 1 aliphatic rings. The first-order valence-corrected chi connectivity index (χ1v) is 8.99. The molecule has 7 heteroatoms.